The largest absolute Gasteiger partial charge is 0.490 e. The third-order valence-electron chi connectivity index (χ3n) is 2.12. The molecule has 80 valence electrons. The summed E-state index contributed by atoms with van der Waals surface area (Å²) in [6.45, 7) is 0.636. The lowest BCUT2D eigenvalue weighted by Gasteiger charge is -2.12. The Morgan fingerprint density at radius 3 is 3.13 bits per heavy atom. The summed E-state index contributed by atoms with van der Waals surface area (Å²) in [7, 11) is 0. The molecule has 4 nitrogen and oxygen atoms in total. The van der Waals surface area contributed by atoms with Crippen LogP contribution in [0.5, 0.6) is 0 Å². The molecule has 0 unspecified atom stereocenters. The Morgan fingerprint density at radius 2 is 2.53 bits per heavy atom. The fourth-order valence-corrected chi connectivity index (χ4v) is 1.97. The Morgan fingerprint density at radius 1 is 1.67 bits per heavy atom. The number of carbonyl (C=O) groups is 1. The molecular formula is C10H12N2O2S. The molecule has 2 rings (SSSR count). The van der Waals surface area contributed by atoms with E-state index in [9.17, 15) is 4.79 Å². The van der Waals surface area contributed by atoms with Crippen molar-refractivity contribution in [2.24, 2.45) is 0 Å². The smallest absolute Gasteiger partial charge is 0.202 e. The van der Waals surface area contributed by atoms with Crippen LogP contribution in [0.25, 0.3) is 0 Å². The molecule has 0 fully saturated rings. The minimum atomic E-state index is -0.0139. The molecule has 5 heteroatoms. The van der Waals surface area contributed by atoms with E-state index in [4.69, 9.17) is 10.5 Å². The maximum absolute atomic E-state index is 11.7. The highest BCUT2D eigenvalue weighted by molar-refractivity contribution is 7.13. The van der Waals surface area contributed by atoms with Gasteiger partial charge in [0.15, 0.2) is 10.9 Å². The van der Waals surface area contributed by atoms with E-state index in [-0.39, 0.29) is 12.2 Å². The van der Waals surface area contributed by atoms with Crippen molar-refractivity contribution in [3.8, 4) is 0 Å². The number of ether oxygens (including phenoxy) is 1. The van der Waals surface area contributed by atoms with Gasteiger partial charge in [0.2, 0.25) is 5.78 Å². The van der Waals surface area contributed by atoms with Crippen LogP contribution in [0.3, 0.4) is 0 Å². The Balaban J connectivity index is 2.00. The lowest BCUT2D eigenvalue weighted by atomic mass is 10.1. The number of aromatic nitrogens is 1. The molecule has 2 N–H and O–H groups in total. The summed E-state index contributed by atoms with van der Waals surface area (Å²) in [5.41, 5.74) is 6.20. The standard InChI is InChI=1S/C10H12N2O2S/c11-10-12-7(6-15-10)5-8(13)9-3-1-2-4-14-9/h3,6H,1-2,4-5H2,(H2,11,12). The number of nitrogens with two attached hydrogens (primary N) is 1. The molecule has 0 spiro atoms. The summed E-state index contributed by atoms with van der Waals surface area (Å²) in [5.74, 6) is 0.466. The second-order valence-electron chi connectivity index (χ2n) is 3.34. The number of Topliss-reactive ketones (excluding diaryl/α,β-unsaturated/α-hetero) is 1. The molecule has 0 saturated heterocycles. The molecule has 15 heavy (non-hydrogen) atoms. The monoisotopic (exact) mass is 224 g/mol. The van der Waals surface area contributed by atoms with Crippen molar-refractivity contribution >= 4 is 22.3 Å². The van der Waals surface area contributed by atoms with Crippen LogP contribution in [0.4, 0.5) is 5.13 Å². The Bertz CT molecular complexity index is 398. The van der Waals surface area contributed by atoms with Gasteiger partial charge in [-0.1, -0.05) is 0 Å². The number of ketones is 1. The number of carbonyl (C=O) groups excluding carboxylic acids is 1. The predicted molar refractivity (Wildman–Crippen MR) is 58.5 cm³/mol. The minimum Gasteiger partial charge on any atom is -0.490 e. The van der Waals surface area contributed by atoms with E-state index in [0.29, 0.717) is 17.5 Å². The van der Waals surface area contributed by atoms with Gasteiger partial charge in [-0.2, -0.15) is 0 Å². The van der Waals surface area contributed by atoms with Crippen LogP contribution < -0.4 is 5.73 Å². The molecule has 1 aliphatic rings. The Kier molecular flexibility index (Phi) is 3.01. The fourth-order valence-electron chi connectivity index (χ4n) is 1.41. The van der Waals surface area contributed by atoms with Crippen LogP contribution in [0.2, 0.25) is 0 Å². The number of hydrogen-bond donors (Lipinski definition) is 1. The van der Waals surface area contributed by atoms with Crippen LogP contribution in [0, 0.1) is 0 Å². The van der Waals surface area contributed by atoms with Crippen molar-refractivity contribution in [3.05, 3.63) is 22.9 Å². The van der Waals surface area contributed by atoms with Gasteiger partial charge in [-0.15, -0.1) is 11.3 Å². The van der Waals surface area contributed by atoms with E-state index < -0.39 is 0 Å². The molecule has 1 aliphatic heterocycles. The van der Waals surface area contributed by atoms with Gasteiger partial charge in [0.1, 0.15) is 0 Å². The zero-order chi connectivity index (χ0) is 10.7. The van der Waals surface area contributed by atoms with Crippen LogP contribution in [0.1, 0.15) is 18.5 Å². The molecular weight excluding hydrogens is 212 g/mol. The molecule has 0 aromatic carbocycles. The molecule has 1 aromatic heterocycles. The van der Waals surface area contributed by atoms with Gasteiger partial charge >= 0.3 is 0 Å². The number of nitrogen functional groups attached to an aromatic ring is 1. The van der Waals surface area contributed by atoms with Crippen molar-refractivity contribution in [3.63, 3.8) is 0 Å². The van der Waals surface area contributed by atoms with Crippen LogP contribution in [-0.4, -0.2) is 17.4 Å². The lowest BCUT2D eigenvalue weighted by Crippen LogP contribution is -2.13. The minimum absolute atomic E-state index is 0.0139. The summed E-state index contributed by atoms with van der Waals surface area (Å²) < 4.78 is 5.27. The van der Waals surface area contributed by atoms with E-state index in [0.717, 1.165) is 18.5 Å². The van der Waals surface area contributed by atoms with Crippen LogP contribution in [-0.2, 0) is 16.0 Å². The second kappa shape index (κ2) is 4.44. The molecule has 0 aliphatic carbocycles. The predicted octanol–water partition coefficient (Wildman–Crippen LogP) is 1.53. The van der Waals surface area contributed by atoms with Crippen molar-refractivity contribution in [2.45, 2.75) is 19.3 Å². The number of rotatable bonds is 3. The fraction of sp³-hybridized carbons (Fsp3) is 0.400. The van der Waals surface area contributed by atoms with Gasteiger partial charge in [0.05, 0.1) is 18.7 Å². The first-order valence-corrected chi connectivity index (χ1v) is 5.69. The summed E-state index contributed by atoms with van der Waals surface area (Å²) >= 11 is 1.35. The molecule has 0 atom stereocenters. The number of anilines is 1. The van der Waals surface area contributed by atoms with Crippen molar-refractivity contribution in [2.75, 3.05) is 12.3 Å². The quantitative estimate of drug-likeness (QED) is 0.845. The lowest BCUT2D eigenvalue weighted by molar-refractivity contribution is -0.118. The van der Waals surface area contributed by atoms with E-state index in [1.807, 2.05) is 6.08 Å². The third kappa shape index (κ3) is 2.56. The highest BCUT2D eigenvalue weighted by Gasteiger charge is 2.15. The average molecular weight is 224 g/mol. The molecule has 0 bridgehead atoms. The maximum Gasteiger partial charge on any atom is 0.202 e. The van der Waals surface area contributed by atoms with Gasteiger partial charge in [-0.05, 0) is 18.9 Å². The molecule has 1 aromatic rings. The number of thiazole rings is 1. The summed E-state index contributed by atoms with van der Waals surface area (Å²) in [5, 5.41) is 2.30. The number of allylic oxidation sites excluding steroid dienone is 2. The summed E-state index contributed by atoms with van der Waals surface area (Å²) in [4.78, 5) is 15.7. The van der Waals surface area contributed by atoms with E-state index >= 15 is 0 Å². The van der Waals surface area contributed by atoms with Crippen LogP contribution >= 0.6 is 11.3 Å². The topological polar surface area (TPSA) is 65.2 Å². The summed E-state index contributed by atoms with van der Waals surface area (Å²) in [6, 6.07) is 0. The zero-order valence-corrected chi connectivity index (χ0v) is 9.05. The molecule has 0 saturated carbocycles. The SMILES string of the molecule is Nc1nc(CC(=O)C2=CCCCO2)cs1. The highest BCUT2D eigenvalue weighted by Crippen LogP contribution is 2.16. The average Bonchev–Trinajstić information content (AvgIpc) is 2.65. The van der Waals surface area contributed by atoms with Gasteiger partial charge in [0.25, 0.3) is 0 Å². The highest BCUT2D eigenvalue weighted by atomic mass is 32.1. The van der Waals surface area contributed by atoms with Gasteiger partial charge < -0.3 is 10.5 Å². The van der Waals surface area contributed by atoms with Gasteiger partial charge in [0, 0.05) is 5.38 Å². The third-order valence-corrected chi connectivity index (χ3v) is 2.84. The van der Waals surface area contributed by atoms with Crippen LogP contribution in [0.15, 0.2) is 17.2 Å². The zero-order valence-electron chi connectivity index (χ0n) is 8.23. The number of hydrogen-bond acceptors (Lipinski definition) is 5. The molecule has 0 amide bonds. The first-order valence-electron chi connectivity index (χ1n) is 4.82. The normalized spacial score (nSPS) is 15.6. The number of nitrogens with zero attached hydrogens (tertiary/aromatic N) is 1. The molecule has 2 heterocycles. The first kappa shape index (κ1) is 10.2. The van der Waals surface area contributed by atoms with E-state index in [2.05, 4.69) is 4.98 Å². The first-order chi connectivity index (χ1) is 7.25. The van der Waals surface area contributed by atoms with Crippen molar-refractivity contribution in [1.29, 1.82) is 0 Å². The maximum atomic E-state index is 11.7. The Labute approximate surface area is 91.8 Å². The van der Waals surface area contributed by atoms with E-state index in [1.165, 1.54) is 11.3 Å². The van der Waals surface area contributed by atoms with E-state index in [1.54, 1.807) is 5.38 Å². The van der Waals surface area contributed by atoms with Gasteiger partial charge in [-0.25, -0.2) is 4.98 Å². The molecule has 0 radical (unpaired) electrons. The summed E-state index contributed by atoms with van der Waals surface area (Å²) in [6.07, 6.45) is 4.03. The second-order valence-corrected chi connectivity index (χ2v) is 4.23. The van der Waals surface area contributed by atoms with Gasteiger partial charge in [-0.3, -0.25) is 4.79 Å². The van der Waals surface area contributed by atoms with Crippen molar-refractivity contribution in [1.82, 2.24) is 4.98 Å². The van der Waals surface area contributed by atoms with Crippen molar-refractivity contribution < 1.29 is 9.53 Å². The Hall–Kier alpha value is -1.36.